The molecule has 16 saturated carbocycles. The number of rotatable bonds is 18. The molecule has 834 valence electrons. The second-order valence-corrected chi connectivity index (χ2v) is 64.6. The molecule has 24 rings (SSSR count). The molecule has 5 unspecified atom stereocenters. The van der Waals surface area contributed by atoms with Gasteiger partial charge < -0.3 is 134 Å². The van der Waals surface area contributed by atoms with Crippen molar-refractivity contribution in [2.75, 3.05) is 7.11 Å². The van der Waals surface area contributed by atoms with Crippen molar-refractivity contribution in [3.63, 3.8) is 0 Å². The lowest BCUT2D eigenvalue weighted by atomic mass is 9.90. The first-order chi connectivity index (χ1) is 68.6. The molecular weight excluding hydrogens is 2090 g/mol. The molecule has 39 nitrogen and oxygen atoms in total. The van der Waals surface area contributed by atoms with E-state index in [1.807, 2.05) is 6.26 Å². The first kappa shape index (κ1) is 113. The van der Waals surface area contributed by atoms with Crippen LogP contribution in [-0.2, 0) is 161 Å². The van der Waals surface area contributed by atoms with Crippen LogP contribution < -0.4 is 0 Å². The summed E-state index contributed by atoms with van der Waals surface area (Å²) in [5, 5.41) is 49.1. The van der Waals surface area contributed by atoms with E-state index in [9.17, 15) is 95.8 Å². The molecular formula is C102H145BrF4O39Si3. The first-order valence-electron chi connectivity index (χ1n) is 51.4. The smallest absolute Gasteiger partial charge is 0.305 e. The Kier molecular flexibility index (Phi) is 28.2. The van der Waals surface area contributed by atoms with Crippen LogP contribution in [0.2, 0.25) is 55.9 Å². The summed E-state index contributed by atoms with van der Waals surface area (Å²) in [5.74, 6) is -4.58. The number of halogens is 5. The lowest BCUT2D eigenvalue weighted by Crippen LogP contribution is -2.54. The molecule has 149 heavy (non-hydrogen) atoms. The van der Waals surface area contributed by atoms with Crippen LogP contribution in [0.3, 0.4) is 0 Å². The van der Waals surface area contributed by atoms with E-state index in [2.05, 4.69) is 109 Å². The Morgan fingerprint density at radius 1 is 0.322 bits per heavy atom. The van der Waals surface area contributed by atoms with Crippen LogP contribution in [0.25, 0.3) is 0 Å². The van der Waals surface area contributed by atoms with Crippen LogP contribution in [0.1, 0.15) is 227 Å². The second kappa shape index (κ2) is 37.1. The molecule has 5 N–H and O–H groups in total. The molecule has 0 aromatic rings. The van der Waals surface area contributed by atoms with Gasteiger partial charge in [0.1, 0.15) is 74.7 Å². The van der Waals surface area contributed by atoms with Crippen molar-refractivity contribution in [2.24, 2.45) is 47.3 Å². The van der Waals surface area contributed by atoms with Gasteiger partial charge in [0.25, 0.3) is 0 Å². The van der Waals surface area contributed by atoms with Crippen molar-refractivity contribution >= 4 is 107 Å². The third kappa shape index (κ3) is 19.0. The third-order valence-electron chi connectivity index (χ3n) is 35.8. The van der Waals surface area contributed by atoms with Gasteiger partial charge in [0.15, 0.2) is 114 Å². The van der Waals surface area contributed by atoms with Gasteiger partial charge in [-0.2, -0.15) is 0 Å². The summed E-state index contributed by atoms with van der Waals surface area (Å²) in [6.45, 7) is 43.4. The predicted octanol–water partition coefficient (Wildman–Crippen LogP) is 10.3. The maximum absolute atomic E-state index is 14.8. The molecule has 0 aromatic heterocycles. The largest absolute Gasteiger partial charge is 0.492 e. The number of methoxy groups -OCH3 is 1. The zero-order valence-electron chi connectivity index (χ0n) is 88.9. The standard InChI is InChI=1S/C17H32O3Si2.C15H28O4Si.C14H17FO7.C12H14BrFO5.2C12H15FO6.C12H14O5.C8H10O3/c1-15(2,3)22(7,8)20-17-12-13(17)11-16(19-21(4,5)6)9-10-18-14(16)17;1-13(2,3)20(5,6)19-15-8-10(15)7-14(16)9-11(17-4)18-12(14)15;1-6(16)19-11-10(15)14(22-8(3)18)5-9-4-13(9,12(14)20-11)21-7(2)17;1-5(15)18-11-3-7(11)4-12(19-6(2)16)8(14)9(13)17-10(11)12;2*1-5(14)18-11-3-7(11)4-12(19-6(2)15)8(13)9(16)17-10(11)12;1-7(13)16-11-3-4-15-10(11)12(17-8(2)14)6-9(12)5-11;9-7-1-2-11-6(7)8(10)4-5(8)3-7/h9-10,13-14H,11-12H2,1-8H3;10-12,16H,7-9H2,1-6H3;9-12H,4-5H2,1-3H3;7-10H,3-4H2,1-2H3;2*7-10,16H,3-4H2,1-2H3;3-4,9-10H,5-6H2,1-2H3;1-2,5-6,9-10H,3-4H2/t13-,14+,16-,17-;10-,11?,12+,14+,15-;9-,10+,11?,12+,13+,14-;2*7-,8+,9?,10+,11+,12-;7-,8-,9?,10+,11+,12-;9-,10+,11-,12-;5-,6+,7-,8-/m11000011/s1. The van der Waals surface area contributed by atoms with E-state index in [4.69, 9.17) is 108 Å². The highest BCUT2D eigenvalue weighted by atomic mass is 79.9. The maximum Gasteiger partial charge on any atom is 0.305 e. The molecule has 5 saturated heterocycles. The van der Waals surface area contributed by atoms with E-state index in [1.54, 1.807) is 19.3 Å². The summed E-state index contributed by atoms with van der Waals surface area (Å²) >= 11 is 3.09. The molecule has 21 fully saturated rings. The molecule has 0 radical (unpaired) electrons. The lowest BCUT2D eigenvalue weighted by molar-refractivity contribution is -0.196. The van der Waals surface area contributed by atoms with Crippen molar-refractivity contribution in [2.45, 2.75) is 476 Å². The van der Waals surface area contributed by atoms with Crippen molar-refractivity contribution in [1.29, 1.82) is 0 Å². The second-order valence-electron chi connectivity index (χ2n) is 49.8. The quantitative estimate of drug-likeness (QED) is 0.0280. The van der Waals surface area contributed by atoms with Gasteiger partial charge in [-0.3, -0.25) is 52.7 Å². The lowest BCUT2D eigenvalue weighted by Gasteiger charge is -2.43. The molecule has 24 aliphatic rings. The number of hydrogen-bond donors (Lipinski definition) is 5. The number of fused-ring (bicyclic) bond motifs is 24. The Morgan fingerprint density at radius 3 is 1.01 bits per heavy atom. The highest BCUT2D eigenvalue weighted by Gasteiger charge is 2.89. The first-order valence-corrected chi connectivity index (χ1v) is 61.6. The van der Waals surface area contributed by atoms with E-state index in [0.717, 1.165) is 45.4 Å². The maximum atomic E-state index is 14.8. The molecule has 47 heteroatoms. The number of carbonyl (C=O) groups excluding carboxylic acids is 11. The van der Waals surface area contributed by atoms with E-state index < -0.39 is 224 Å². The van der Waals surface area contributed by atoms with Crippen molar-refractivity contribution in [3.05, 3.63) is 37.0 Å². The summed E-state index contributed by atoms with van der Waals surface area (Å²) in [7, 11) is -3.65. The SMILES string of the molecule is CC(=O)OC1O[C@@H]2[C@@]3(OC(C)=O)C[C@H]3C[C@]2(OC(C)=O)[C@@H]1F.CC(=O)O[C@]12C[C@H]1C[C@@]1(OC(C)=O)[C@@H]2OC(Br)[C@H]1F.CC(=O)O[C@]12C[C@H]1C[C@@]1(OC(C)=O)[C@@H]2OC(O)[C@@H]1F.CC(=O)O[C@]12C[C@H]1C[C@@]1(OC(C)=O)[C@@H]2OC(O)[C@H]1F.CC(=O)O[C@]12C[C@H]1C[C@]1(OC(C)=O)C=CO[C@H]21.CC(C)(C)[Si](C)(C)O[C@]12C[C@H]1C[C@]1(O[Si](C)(C)C)C=CO[C@H]21.COC1C[C@@]2(O)C[C@@H]3C[C@]3(O[Si](C)(C)C(C)(C)C)[C@H]2O1.O[C@]12C[C@H]1C[C@]1(O)C=CO[C@H]21. The molecule has 0 spiro atoms. The zero-order chi connectivity index (χ0) is 110. The van der Waals surface area contributed by atoms with Gasteiger partial charge in [-0.25, -0.2) is 17.6 Å². The highest BCUT2D eigenvalue weighted by molar-refractivity contribution is 9.09. The number of alkyl halides is 5. The number of ether oxygens (including phenoxy) is 20. The summed E-state index contributed by atoms with van der Waals surface area (Å²) in [4.78, 5) is 123. The Balaban J connectivity index is 0.000000117. The van der Waals surface area contributed by atoms with Crippen LogP contribution in [0.15, 0.2) is 37.0 Å². The Morgan fingerprint density at radius 2 is 0.631 bits per heavy atom. The number of carbonyl (C=O) groups is 11. The normalized spacial score (nSPS) is 48.0. The van der Waals surface area contributed by atoms with Crippen LogP contribution >= 0.6 is 15.9 Å². The average Bonchev–Trinajstić information content (AvgIpc) is 1.56. The van der Waals surface area contributed by atoms with E-state index >= 15 is 0 Å². The number of aliphatic hydroxyl groups is 5. The van der Waals surface area contributed by atoms with Crippen LogP contribution in [0.4, 0.5) is 17.6 Å². The number of aliphatic hydroxyl groups excluding tert-OH is 2. The van der Waals surface area contributed by atoms with Gasteiger partial charge in [-0.05, 0) is 182 Å². The van der Waals surface area contributed by atoms with Gasteiger partial charge in [0, 0.05) is 132 Å². The van der Waals surface area contributed by atoms with E-state index in [1.165, 1.54) is 81.8 Å². The molecule has 16 aliphatic carbocycles. The predicted molar refractivity (Wildman–Crippen MR) is 512 cm³/mol. The van der Waals surface area contributed by atoms with Gasteiger partial charge in [0.2, 0.25) is 12.5 Å². The van der Waals surface area contributed by atoms with E-state index in [0.29, 0.717) is 63.2 Å². The van der Waals surface area contributed by atoms with Crippen LogP contribution in [0.5, 0.6) is 0 Å². The third-order valence-corrected chi connectivity index (χ3v) is 46.5. The van der Waals surface area contributed by atoms with Crippen molar-refractivity contribution in [3.8, 4) is 0 Å². The number of esters is 11. The van der Waals surface area contributed by atoms with E-state index in [-0.39, 0.29) is 124 Å². The molecule has 8 heterocycles. The van der Waals surface area contributed by atoms with Gasteiger partial charge in [0.05, 0.1) is 35.6 Å². The fourth-order valence-corrected chi connectivity index (χ4v) is 33.3. The fourth-order valence-electron chi connectivity index (χ4n) is 28.0. The van der Waals surface area contributed by atoms with Crippen LogP contribution in [-0.4, -0.2) is 317 Å². The summed E-state index contributed by atoms with van der Waals surface area (Å²) in [6, 6.07) is 0. The Labute approximate surface area is 873 Å². The summed E-state index contributed by atoms with van der Waals surface area (Å²) in [6.07, 6.45) is 4.53. The van der Waals surface area contributed by atoms with Crippen molar-refractivity contribution in [1.82, 2.24) is 0 Å². The van der Waals surface area contributed by atoms with Gasteiger partial charge >= 0.3 is 65.7 Å². The number of hydrogen-bond acceptors (Lipinski definition) is 39. The van der Waals surface area contributed by atoms with Crippen molar-refractivity contribution < 1.29 is 204 Å². The minimum absolute atomic E-state index is 0.000926. The van der Waals surface area contributed by atoms with Crippen LogP contribution in [0, 0.1) is 47.3 Å². The minimum atomic E-state index is -1.86. The Bertz CT molecular complexity index is 5250. The fraction of sp³-hybridized carbons (Fsp3) is 0.833. The molecule has 0 aromatic carbocycles. The zero-order valence-corrected chi connectivity index (χ0v) is 93.5. The molecule has 41 atom stereocenters. The molecule has 0 bridgehead atoms. The minimum Gasteiger partial charge on any atom is -0.492 e. The molecule has 0 amide bonds. The van der Waals surface area contributed by atoms with Gasteiger partial charge in [-0.1, -0.05) is 57.5 Å². The average molecular weight is 2240 g/mol. The summed E-state index contributed by atoms with van der Waals surface area (Å²) in [5.41, 5.74) is -13.9. The topological polar surface area (TPSA) is 501 Å². The van der Waals surface area contributed by atoms with Gasteiger partial charge in [-0.15, -0.1) is 0 Å². The monoisotopic (exact) mass is 2230 g/mol. The highest BCUT2D eigenvalue weighted by Crippen LogP contribution is 2.76. The Hall–Kier alpha value is -6.92. The molecule has 8 aliphatic heterocycles. The summed E-state index contributed by atoms with van der Waals surface area (Å²) < 4.78 is 185.